The molecule has 0 aliphatic carbocycles. The largest absolute Gasteiger partial charge is 0.371 e. The maximum absolute atomic E-state index is 10.6. The van der Waals surface area contributed by atoms with E-state index in [1.165, 1.54) is 13.1 Å². The number of non-ortho nitro benzene ring substituents is 1. The Morgan fingerprint density at radius 1 is 1.11 bits per heavy atom. The molecule has 2 saturated heterocycles. The van der Waals surface area contributed by atoms with Crippen molar-refractivity contribution in [3.05, 3.63) is 34.4 Å². The predicted octanol–water partition coefficient (Wildman–Crippen LogP) is 1.59. The van der Waals surface area contributed by atoms with Crippen LogP contribution >= 0.6 is 0 Å². The first-order chi connectivity index (χ1) is 8.63. The van der Waals surface area contributed by atoms with Crippen LogP contribution in [0.3, 0.4) is 0 Å². The Morgan fingerprint density at radius 3 is 2.17 bits per heavy atom. The third-order valence-electron chi connectivity index (χ3n) is 4.09. The van der Waals surface area contributed by atoms with Crippen LogP contribution in [0.15, 0.2) is 24.3 Å². The zero-order valence-electron chi connectivity index (χ0n) is 10.5. The average molecular weight is 247 g/mol. The van der Waals surface area contributed by atoms with E-state index in [1.54, 1.807) is 12.1 Å². The summed E-state index contributed by atoms with van der Waals surface area (Å²) in [6.07, 6.45) is 0. The van der Waals surface area contributed by atoms with Crippen molar-refractivity contribution in [1.29, 1.82) is 0 Å². The molecule has 0 N–H and O–H groups in total. The highest BCUT2D eigenvalue weighted by Gasteiger charge is 2.38. The fourth-order valence-corrected chi connectivity index (χ4v) is 3.22. The van der Waals surface area contributed by atoms with Gasteiger partial charge >= 0.3 is 0 Å². The number of nitro benzene ring substituents is 1. The van der Waals surface area contributed by atoms with E-state index in [-0.39, 0.29) is 10.6 Å². The molecule has 0 amide bonds. The van der Waals surface area contributed by atoms with E-state index < -0.39 is 0 Å². The van der Waals surface area contributed by atoms with Gasteiger partial charge in [-0.1, -0.05) is 0 Å². The Hall–Kier alpha value is -1.62. The maximum Gasteiger partial charge on any atom is 0.269 e. The van der Waals surface area contributed by atoms with Gasteiger partial charge in [-0.3, -0.25) is 10.1 Å². The Morgan fingerprint density at radius 2 is 1.67 bits per heavy atom. The van der Waals surface area contributed by atoms with Crippen LogP contribution in [0, 0.1) is 22.0 Å². The second-order valence-corrected chi connectivity index (χ2v) is 5.42. The molecule has 5 nitrogen and oxygen atoms in total. The lowest BCUT2D eigenvalue weighted by atomic mass is 10.0. The number of anilines is 1. The number of likely N-dealkylation sites (tertiary alicyclic amines) is 1. The van der Waals surface area contributed by atoms with Crippen molar-refractivity contribution in [3.63, 3.8) is 0 Å². The van der Waals surface area contributed by atoms with Crippen LogP contribution < -0.4 is 4.90 Å². The highest BCUT2D eigenvalue weighted by Crippen LogP contribution is 2.33. The molecule has 5 heteroatoms. The average Bonchev–Trinajstić information content (AvgIpc) is 2.86. The second-order valence-electron chi connectivity index (χ2n) is 5.42. The molecule has 0 unspecified atom stereocenters. The molecule has 0 aromatic heterocycles. The first-order valence-corrected chi connectivity index (χ1v) is 6.31. The normalized spacial score (nSPS) is 27.5. The molecule has 1 aromatic rings. The molecule has 2 atom stereocenters. The molecule has 2 fully saturated rings. The van der Waals surface area contributed by atoms with E-state index in [0.717, 1.165) is 30.6 Å². The van der Waals surface area contributed by atoms with Crippen LogP contribution in [0.2, 0.25) is 0 Å². The summed E-state index contributed by atoms with van der Waals surface area (Å²) in [7, 11) is 2.18. The van der Waals surface area contributed by atoms with E-state index in [2.05, 4.69) is 16.8 Å². The summed E-state index contributed by atoms with van der Waals surface area (Å²) < 4.78 is 0. The third-order valence-corrected chi connectivity index (χ3v) is 4.09. The van der Waals surface area contributed by atoms with Gasteiger partial charge in [0.15, 0.2) is 0 Å². The number of nitrogens with zero attached hydrogens (tertiary/aromatic N) is 3. The summed E-state index contributed by atoms with van der Waals surface area (Å²) in [6, 6.07) is 6.91. The summed E-state index contributed by atoms with van der Waals surface area (Å²) in [5, 5.41) is 10.6. The Balaban J connectivity index is 1.72. The standard InChI is InChI=1S/C13H17N3O2/c1-14-6-10-8-15(9-11(10)7-14)12-2-4-13(5-3-12)16(17)18/h2-5,10-11H,6-9H2,1H3/t10-,11-/m1/s1. The van der Waals surface area contributed by atoms with Crippen molar-refractivity contribution >= 4 is 11.4 Å². The number of fused-ring (bicyclic) bond motifs is 1. The monoisotopic (exact) mass is 247 g/mol. The van der Waals surface area contributed by atoms with E-state index in [4.69, 9.17) is 0 Å². The molecule has 2 aliphatic heterocycles. The van der Waals surface area contributed by atoms with Gasteiger partial charge < -0.3 is 9.80 Å². The lowest BCUT2D eigenvalue weighted by molar-refractivity contribution is -0.384. The summed E-state index contributed by atoms with van der Waals surface area (Å²) in [4.78, 5) is 15.0. The summed E-state index contributed by atoms with van der Waals surface area (Å²) >= 11 is 0. The molecule has 1 aromatic carbocycles. The topological polar surface area (TPSA) is 49.6 Å². The predicted molar refractivity (Wildman–Crippen MR) is 69.8 cm³/mol. The van der Waals surface area contributed by atoms with Crippen LogP contribution in [0.1, 0.15) is 0 Å². The summed E-state index contributed by atoms with van der Waals surface area (Å²) in [5.74, 6) is 1.51. The zero-order chi connectivity index (χ0) is 12.7. The van der Waals surface area contributed by atoms with Crippen LogP contribution in [-0.4, -0.2) is 43.0 Å². The Bertz CT molecular complexity index is 446. The number of hydrogen-bond acceptors (Lipinski definition) is 4. The molecule has 2 heterocycles. The molecule has 3 rings (SSSR count). The van der Waals surface area contributed by atoms with E-state index in [0.29, 0.717) is 0 Å². The smallest absolute Gasteiger partial charge is 0.269 e. The maximum atomic E-state index is 10.6. The molecule has 0 spiro atoms. The van der Waals surface area contributed by atoms with Gasteiger partial charge in [-0.25, -0.2) is 0 Å². The van der Waals surface area contributed by atoms with Gasteiger partial charge in [0, 0.05) is 44.0 Å². The molecule has 18 heavy (non-hydrogen) atoms. The number of hydrogen-bond donors (Lipinski definition) is 0. The summed E-state index contributed by atoms with van der Waals surface area (Å²) in [5.41, 5.74) is 1.27. The molecular formula is C13H17N3O2. The fourth-order valence-electron chi connectivity index (χ4n) is 3.22. The first kappa shape index (κ1) is 11.5. The highest BCUT2D eigenvalue weighted by atomic mass is 16.6. The van der Waals surface area contributed by atoms with Crippen molar-refractivity contribution in [2.75, 3.05) is 38.1 Å². The van der Waals surface area contributed by atoms with Crippen LogP contribution in [0.4, 0.5) is 11.4 Å². The fraction of sp³-hybridized carbons (Fsp3) is 0.538. The minimum Gasteiger partial charge on any atom is -0.371 e. The van der Waals surface area contributed by atoms with Gasteiger partial charge in [0.05, 0.1) is 4.92 Å². The van der Waals surface area contributed by atoms with Crippen molar-refractivity contribution in [2.45, 2.75) is 0 Å². The van der Waals surface area contributed by atoms with Gasteiger partial charge in [-0.05, 0) is 31.0 Å². The Labute approximate surface area is 106 Å². The first-order valence-electron chi connectivity index (χ1n) is 6.31. The van der Waals surface area contributed by atoms with E-state index in [1.807, 2.05) is 12.1 Å². The van der Waals surface area contributed by atoms with Gasteiger partial charge in [0.1, 0.15) is 0 Å². The van der Waals surface area contributed by atoms with Crippen LogP contribution in [0.5, 0.6) is 0 Å². The second kappa shape index (κ2) is 4.24. The SMILES string of the molecule is CN1C[C@@H]2CN(c3ccc([N+](=O)[O-])cc3)C[C@H]2C1. The number of benzene rings is 1. The van der Waals surface area contributed by atoms with Crippen LogP contribution in [0.25, 0.3) is 0 Å². The van der Waals surface area contributed by atoms with Gasteiger partial charge in [-0.15, -0.1) is 0 Å². The van der Waals surface area contributed by atoms with Gasteiger partial charge in [0.2, 0.25) is 0 Å². The summed E-state index contributed by atoms with van der Waals surface area (Å²) in [6.45, 7) is 4.50. The minimum absolute atomic E-state index is 0.165. The van der Waals surface area contributed by atoms with Crippen molar-refractivity contribution in [3.8, 4) is 0 Å². The van der Waals surface area contributed by atoms with Crippen molar-refractivity contribution in [2.24, 2.45) is 11.8 Å². The van der Waals surface area contributed by atoms with Gasteiger partial charge in [0.25, 0.3) is 5.69 Å². The molecule has 0 radical (unpaired) electrons. The van der Waals surface area contributed by atoms with Gasteiger partial charge in [-0.2, -0.15) is 0 Å². The Kier molecular flexibility index (Phi) is 2.70. The van der Waals surface area contributed by atoms with E-state index >= 15 is 0 Å². The van der Waals surface area contributed by atoms with Crippen LogP contribution in [-0.2, 0) is 0 Å². The third kappa shape index (κ3) is 1.95. The molecule has 0 bridgehead atoms. The number of rotatable bonds is 2. The minimum atomic E-state index is -0.350. The highest BCUT2D eigenvalue weighted by molar-refractivity contribution is 5.51. The lowest BCUT2D eigenvalue weighted by Crippen LogP contribution is -2.26. The molecule has 2 aliphatic rings. The lowest BCUT2D eigenvalue weighted by Gasteiger charge is -2.21. The van der Waals surface area contributed by atoms with E-state index in [9.17, 15) is 10.1 Å². The molecular weight excluding hydrogens is 230 g/mol. The molecule has 96 valence electrons. The number of nitro groups is 1. The van der Waals surface area contributed by atoms with Crippen molar-refractivity contribution < 1.29 is 4.92 Å². The zero-order valence-corrected chi connectivity index (χ0v) is 10.5. The quantitative estimate of drug-likeness (QED) is 0.588. The molecule has 0 saturated carbocycles. The van der Waals surface area contributed by atoms with Crippen molar-refractivity contribution in [1.82, 2.24) is 4.90 Å².